The lowest BCUT2D eigenvalue weighted by atomic mass is 10.1. The lowest BCUT2D eigenvalue weighted by Gasteiger charge is -2.20. The van der Waals surface area contributed by atoms with Gasteiger partial charge in [-0.3, -0.25) is 0 Å². The molecule has 0 fully saturated rings. The summed E-state index contributed by atoms with van der Waals surface area (Å²) in [5.41, 5.74) is 1.01. The van der Waals surface area contributed by atoms with Crippen molar-refractivity contribution in [3.8, 4) is 5.75 Å². The van der Waals surface area contributed by atoms with E-state index in [1.807, 2.05) is 13.8 Å². The summed E-state index contributed by atoms with van der Waals surface area (Å²) in [6.45, 7) is 9.19. The highest BCUT2D eigenvalue weighted by Gasteiger charge is 2.12. The van der Waals surface area contributed by atoms with Crippen LogP contribution in [-0.2, 0) is 0 Å². The van der Waals surface area contributed by atoms with Crippen LogP contribution in [0.15, 0.2) is 18.2 Å². The Morgan fingerprint density at radius 2 is 2.06 bits per heavy atom. The molecule has 0 heterocycles. The van der Waals surface area contributed by atoms with Gasteiger partial charge in [0, 0.05) is 6.04 Å². The molecule has 0 spiro atoms. The minimum atomic E-state index is -0.290. The molecular formula is C15H24FNO. The zero-order valence-corrected chi connectivity index (χ0v) is 11.8. The summed E-state index contributed by atoms with van der Waals surface area (Å²) < 4.78 is 19.2. The Balaban J connectivity index is 2.48. The summed E-state index contributed by atoms with van der Waals surface area (Å²) in [6, 6.07) is 5.33. The van der Waals surface area contributed by atoms with Crippen molar-refractivity contribution in [3.63, 3.8) is 0 Å². The molecule has 102 valence electrons. The topological polar surface area (TPSA) is 21.3 Å². The van der Waals surface area contributed by atoms with E-state index in [9.17, 15) is 4.39 Å². The van der Waals surface area contributed by atoms with Crippen molar-refractivity contribution in [1.82, 2.24) is 5.32 Å². The molecule has 0 amide bonds. The van der Waals surface area contributed by atoms with Gasteiger partial charge in [0.15, 0.2) is 11.6 Å². The molecule has 1 N–H and O–H groups in total. The average molecular weight is 253 g/mol. The normalized spacial score (nSPS) is 14.3. The Bertz CT molecular complexity index is 368. The summed E-state index contributed by atoms with van der Waals surface area (Å²) in [5, 5.41) is 3.40. The first kappa shape index (κ1) is 15.0. The number of halogens is 1. The first-order valence-corrected chi connectivity index (χ1v) is 6.69. The number of hydrogen-bond donors (Lipinski definition) is 1. The van der Waals surface area contributed by atoms with E-state index in [1.165, 1.54) is 6.07 Å². The maximum atomic E-state index is 13.5. The van der Waals surface area contributed by atoms with Crippen molar-refractivity contribution in [2.24, 2.45) is 0 Å². The second kappa shape index (κ2) is 7.37. The van der Waals surface area contributed by atoms with Crippen LogP contribution in [0.5, 0.6) is 5.75 Å². The summed E-state index contributed by atoms with van der Waals surface area (Å²) in [6.07, 6.45) is 1.99. The van der Waals surface area contributed by atoms with Crippen LogP contribution in [-0.4, -0.2) is 18.7 Å². The Kier molecular flexibility index (Phi) is 6.13. The molecule has 0 saturated carbocycles. The van der Waals surface area contributed by atoms with Crippen molar-refractivity contribution in [2.75, 3.05) is 6.54 Å². The number of benzene rings is 1. The molecule has 0 aliphatic heterocycles. The Morgan fingerprint density at radius 1 is 1.33 bits per heavy atom. The standard InChI is InChI=1S/C15H24FNO/c1-5-8-17-12(3)10-13(4)18-15-9-11(2)6-7-14(15)16/h6-7,9,12-13,17H,5,8,10H2,1-4H3. The maximum absolute atomic E-state index is 13.5. The van der Waals surface area contributed by atoms with Gasteiger partial charge in [0.2, 0.25) is 0 Å². The molecule has 2 atom stereocenters. The van der Waals surface area contributed by atoms with Gasteiger partial charge in [-0.1, -0.05) is 13.0 Å². The van der Waals surface area contributed by atoms with Crippen LogP contribution >= 0.6 is 0 Å². The molecule has 2 unspecified atom stereocenters. The largest absolute Gasteiger partial charge is 0.488 e. The zero-order valence-electron chi connectivity index (χ0n) is 11.8. The molecule has 0 aromatic heterocycles. The van der Waals surface area contributed by atoms with E-state index in [0.29, 0.717) is 11.8 Å². The van der Waals surface area contributed by atoms with Gasteiger partial charge in [0.1, 0.15) is 0 Å². The summed E-state index contributed by atoms with van der Waals surface area (Å²) in [5.74, 6) is 0.0619. The SMILES string of the molecule is CCCNC(C)CC(C)Oc1cc(C)ccc1F. The highest BCUT2D eigenvalue weighted by Crippen LogP contribution is 2.20. The fraction of sp³-hybridized carbons (Fsp3) is 0.600. The molecule has 0 bridgehead atoms. The Morgan fingerprint density at radius 3 is 2.72 bits per heavy atom. The second-order valence-corrected chi connectivity index (χ2v) is 4.95. The zero-order chi connectivity index (χ0) is 13.5. The summed E-state index contributed by atoms with van der Waals surface area (Å²) in [4.78, 5) is 0. The van der Waals surface area contributed by atoms with Crippen LogP contribution in [0.3, 0.4) is 0 Å². The van der Waals surface area contributed by atoms with Gasteiger partial charge >= 0.3 is 0 Å². The summed E-state index contributed by atoms with van der Waals surface area (Å²) >= 11 is 0. The van der Waals surface area contributed by atoms with Crippen LogP contribution < -0.4 is 10.1 Å². The first-order chi connectivity index (χ1) is 8.52. The summed E-state index contributed by atoms with van der Waals surface area (Å²) in [7, 11) is 0. The predicted molar refractivity (Wildman–Crippen MR) is 73.6 cm³/mol. The van der Waals surface area contributed by atoms with E-state index in [1.54, 1.807) is 12.1 Å². The van der Waals surface area contributed by atoms with Crippen LogP contribution in [0, 0.1) is 12.7 Å². The van der Waals surface area contributed by atoms with E-state index in [4.69, 9.17) is 4.74 Å². The molecule has 1 aromatic rings. The number of hydrogen-bond acceptors (Lipinski definition) is 2. The highest BCUT2D eigenvalue weighted by molar-refractivity contribution is 5.29. The molecular weight excluding hydrogens is 229 g/mol. The Hall–Kier alpha value is -1.09. The molecule has 3 heteroatoms. The van der Waals surface area contributed by atoms with Crippen LogP contribution in [0.4, 0.5) is 4.39 Å². The van der Waals surface area contributed by atoms with Crippen LogP contribution in [0.2, 0.25) is 0 Å². The van der Waals surface area contributed by atoms with Gasteiger partial charge in [-0.2, -0.15) is 0 Å². The molecule has 0 radical (unpaired) electrons. The van der Waals surface area contributed by atoms with Gasteiger partial charge in [-0.25, -0.2) is 4.39 Å². The van der Waals surface area contributed by atoms with Crippen molar-refractivity contribution >= 4 is 0 Å². The lowest BCUT2D eigenvalue weighted by Crippen LogP contribution is -2.31. The van der Waals surface area contributed by atoms with E-state index in [-0.39, 0.29) is 11.9 Å². The van der Waals surface area contributed by atoms with Crippen molar-refractivity contribution in [2.45, 2.75) is 52.7 Å². The van der Waals surface area contributed by atoms with Gasteiger partial charge in [-0.15, -0.1) is 0 Å². The van der Waals surface area contributed by atoms with Crippen molar-refractivity contribution < 1.29 is 9.13 Å². The van der Waals surface area contributed by atoms with Gasteiger partial charge in [0.25, 0.3) is 0 Å². The van der Waals surface area contributed by atoms with Gasteiger partial charge in [-0.05, 0) is 57.9 Å². The van der Waals surface area contributed by atoms with E-state index in [0.717, 1.165) is 24.9 Å². The quantitative estimate of drug-likeness (QED) is 0.800. The molecule has 0 saturated heterocycles. The van der Waals surface area contributed by atoms with Crippen molar-refractivity contribution in [3.05, 3.63) is 29.6 Å². The Labute approximate surface area is 110 Å². The average Bonchev–Trinajstić information content (AvgIpc) is 2.31. The van der Waals surface area contributed by atoms with Crippen LogP contribution in [0.25, 0.3) is 0 Å². The monoisotopic (exact) mass is 253 g/mol. The third kappa shape index (κ3) is 5.05. The van der Waals surface area contributed by atoms with Crippen molar-refractivity contribution in [1.29, 1.82) is 0 Å². The lowest BCUT2D eigenvalue weighted by molar-refractivity contribution is 0.188. The second-order valence-electron chi connectivity index (χ2n) is 4.95. The molecule has 0 aliphatic carbocycles. The molecule has 2 nitrogen and oxygen atoms in total. The first-order valence-electron chi connectivity index (χ1n) is 6.69. The number of ether oxygens (including phenoxy) is 1. The maximum Gasteiger partial charge on any atom is 0.165 e. The van der Waals surface area contributed by atoms with Gasteiger partial charge in [0.05, 0.1) is 6.10 Å². The van der Waals surface area contributed by atoms with E-state index in [2.05, 4.69) is 19.2 Å². The van der Waals surface area contributed by atoms with E-state index >= 15 is 0 Å². The molecule has 18 heavy (non-hydrogen) atoms. The molecule has 1 aromatic carbocycles. The fourth-order valence-electron chi connectivity index (χ4n) is 1.94. The van der Waals surface area contributed by atoms with Crippen LogP contribution in [0.1, 0.15) is 39.2 Å². The van der Waals surface area contributed by atoms with E-state index < -0.39 is 0 Å². The predicted octanol–water partition coefficient (Wildman–Crippen LogP) is 3.68. The smallest absolute Gasteiger partial charge is 0.165 e. The minimum Gasteiger partial charge on any atom is -0.488 e. The minimum absolute atomic E-state index is 0.000608. The number of rotatable bonds is 7. The highest BCUT2D eigenvalue weighted by atomic mass is 19.1. The fourth-order valence-corrected chi connectivity index (χ4v) is 1.94. The third-order valence-corrected chi connectivity index (χ3v) is 2.84. The number of nitrogens with one attached hydrogen (secondary N) is 1. The molecule has 1 rings (SSSR count). The third-order valence-electron chi connectivity index (χ3n) is 2.84. The number of aryl methyl sites for hydroxylation is 1. The van der Waals surface area contributed by atoms with Gasteiger partial charge < -0.3 is 10.1 Å². The molecule has 0 aliphatic rings.